The van der Waals surface area contributed by atoms with Gasteiger partial charge in [0, 0.05) is 5.92 Å². The van der Waals surface area contributed by atoms with Crippen LogP contribution in [0.5, 0.6) is 0 Å². The lowest BCUT2D eigenvalue weighted by Crippen LogP contribution is -2.17. The van der Waals surface area contributed by atoms with Crippen molar-refractivity contribution in [2.45, 2.75) is 32.6 Å². The van der Waals surface area contributed by atoms with Crippen LogP contribution in [0.25, 0.3) is 11.0 Å². The summed E-state index contributed by atoms with van der Waals surface area (Å²) >= 11 is 0. The molecule has 3 rings (SSSR count). The molecule has 1 heterocycles. The van der Waals surface area contributed by atoms with Crippen molar-refractivity contribution in [3.05, 3.63) is 29.6 Å². The van der Waals surface area contributed by atoms with E-state index in [9.17, 15) is 9.90 Å². The van der Waals surface area contributed by atoms with Gasteiger partial charge in [-0.15, -0.1) is 0 Å². The van der Waals surface area contributed by atoms with Gasteiger partial charge in [0.15, 0.2) is 0 Å². The summed E-state index contributed by atoms with van der Waals surface area (Å²) in [6.07, 6.45) is 1.64. The predicted octanol–water partition coefficient (Wildman–Crippen LogP) is 3.09. The first-order chi connectivity index (χ1) is 9.04. The number of benzene rings is 1. The van der Waals surface area contributed by atoms with Crippen molar-refractivity contribution >= 4 is 17.0 Å². The number of aromatic amines is 1. The molecule has 100 valence electrons. The highest BCUT2D eigenvalue weighted by Crippen LogP contribution is 2.42. The Morgan fingerprint density at radius 3 is 2.95 bits per heavy atom. The molecule has 3 atom stereocenters. The van der Waals surface area contributed by atoms with Crippen molar-refractivity contribution in [1.29, 1.82) is 0 Å². The lowest BCUT2D eigenvalue weighted by Gasteiger charge is -2.12. The number of rotatable bonds is 2. The Hall–Kier alpha value is -1.84. The number of hydrogen-bond acceptors (Lipinski definition) is 2. The van der Waals surface area contributed by atoms with Crippen molar-refractivity contribution in [3.8, 4) is 0 Å². The summed E-state index contributed by atoms with van der Waals surface area (Å²) in [4.78, 5) is 19.3. The van der Waals surface area contributed by atoms with E-state index in [2.05, 4.69) is 23.0 Å². The molecule has 1 saturated carbocycles. The van der Waals surface area contributed by atoms with Crippen molar-refractivity contribution in [2.24, 2.45) is 11.8 Å². The molecule has 1 aliphatic rings. The number of carbonyl (C=O) groups is 1. The highest BCUT2D eigenvalue weighted by molar-refractivity contribution is 5.77. The third-order valence-electron chi connectivity index (χ3n) is 4.12. The topological polar surface area (TPSA) is 66.0 Å². The number of hydrogen-bond donors (Lipinski definition) is 2. The number of carboxylic acid groups (broad SMARTS) is 1. The van der Waals surface area contributed by atoms with Crippen LogP contribution in [0.2, 0.25) is 0 Å². The fourth-order valence-corrected chi connectivity index (χ4v) is 3.19. The van der Waals surface area contributed by atoms with Gasteiger partial charge in [-0.1, -0.05) is 13.0 Å². The third-order valence-corrected chi connectivity index (χ3v) is 4.12. The SMILES string of the molecule is Cc1ccc2nc(C3CC(C)CC3C(=O)O)[nH]c2c1. The second kappa shape index (κ2) is 4.37. The number of imidazole rings is 1. The standard InChI is InChI=1S/C15H18N2O2/c1-8-3-4-12-13(7-8)17-14(16-12)10-5-9(2)6-11(10)15(18)19/h3-4,7,9-11H,5-6H2,1-2H3,(H,16,17)(H,18,19). The van der Waals surface area contributed by atoms with Crippen LogP contribution in [0.4, 0.5) is 0 Å². The van der Waals surface area contributed by atoms with E-state index in [0.717, 1.165) is 29.7 Å². The van der Waals surface area contributed by atoms with Gasteiger partial charge < -0.3 is 10.1 Å². The third kappa shape index (κ3) is 2.11. The molecule has 3 unspecified atom stereocenters. The van der Waals surface area contributed by atoms with E-state index in [1.165, 1.54) is 5.56 Å². The normalized spacial score (nSPS) is 26.9. The molecule has 0 aliphatic heterocycles. The Morgan fingerprint density at radius 1 is 1.42 bits per heavy atom. The van der Waals surface area contributed by atoms with Crippen LogP contribution in [0, 0.1) is 18.8 Å². The minimum atomic E-state index is -0.703. The zero-order chi connectivity index (χ0) is 13.6. The Bertz CT molecular complexity index is 632. The van der Waals surface area contributed by atoms with Crippen LogP contribution >= 0.6 is 0 Å². The molecule has 19 heavy (non-hydrogen) atoms. The Morgan fingerprint density at radius 2 is 2.21 bits per heavy atom. The molecule has 4 nitrogen and oxygen atoms in total. The van der Waals surface area contributed by atoms with Gasteiger partial charge >= 0.3 is 5.97 Å². The minimum absolute atomic E-state index is 0.0141. The smallest absolute Gasteiger partial charge is 0.307 e. The van der Waals surface area contributed by atoms with Crippen molar-refractivity contribution in [3.63, 3.8) is 0 Å². The monoisotopic (exact) mass is 258 g/mol. The molecule has 0 radical (unpaired) electrons. The first-order valence-corrected chi connectivity index (χ1v) is 6.73. The second-order valence-corrected chi connectivity index (χ2v) is 5.77. The zero-order valence-corrected chi connectivity index (χ0v) is 11.2. The van der Waals surface area contributed by atoms with E-state index >= 15 is 0 Å². The van der Waals surface area contributed by atoms with Crippen LogP contribution < -0.4 is 0 Å². The molecule has 0 spiro atoms. The molecular weight excluding hydrogens is 240 g/mol. The summed E-state index contributed by atoms with van der Waals surface area (Å²) in [5.74, 6) is 0.279. The highest BCUT2D eigenvalue weighted by atomic mass is 16.4. The average molecular weight is 258 g/mol. The van der Waals surface area contributed by atoms with Gasteiger partial charge in [-0.2, -0.15) is 0 Å². The van der Waals surface area contributed by atoms with E-state index in [1.54, 1.807) is 0 Å². The lowest BCUT2D eigenvalue weighted by molar-refractivity contribution is -0.142. The van der Waals surface area contributed by atoms with E-state index in [1.807, 2.05) is 19.1 Å². The second-order valence-electron chi connectivity index (χ2n) is 5.77. The number of nitrogens with zero attached hydrogens (tertiary/aromatic N) is 1. The summed E-state index contributed by atoms with van der Waals surface area (Å²) in [7, 11) is 0. The van der Waals surface area contributed by atoms with E-state index < -0.39 is 5.97 Å². The fraction of sp³-hybridized carbons (Fsp3) is 0.467. The first kappa shape index (κ1) is 12.2. The number of carboxylic acids is 1. The number of aryl methyl sites for hydroxylation is 1. The Kier molecular flexibility index (Phi) is 2.81. The molecule has 1 aromatic heterocycles. The fourth-order valence-electron chi connectivity index (χ4n) is 3.19. The quantitative estimate of drug-likeness (QED) is 0.870. The molecule has 0 amide bonds. The maximum atomic E-state index is 11.4. The molecule has 2 N–H and O–H groups in total. The lowest BCUT2D eigenvalue weighted by atomic mass is 9.96. The van der Waals surface area contributed by atoms with E-state index in [0.29, 0.717) is 5.92 Å². The van der Waals surface area contributed by atoms with Crippen molar-refractivity contribution < 1.29 is 9.90 Å². The average Bonchev–Trinajstić information content (AvgIpc) is 2.91. The van der Waals surface area contributed by atoms with Crippen LogP contribution in [-0.4, -0.2) is 21.0 Å². The number of aliphatic carboxylic acids is 1. The molecule has 4 heteroatoms. The molecule has 1 fully saturated rings. The van der Waals surface area contributed by atoms with Gasteiger partial charge in [-0.05, 0) is 43.4 Å². The molecule has 1 aliphatic carbocycles. The van der Waals surface area contributed by atoms with Gasteiger partial charge in [0.05, 0.1) is 17.0 Å². The predicted molar refractivity (Wildman–Crippen MR) is 73.1 cm³/mol. The van der Waals surface area contributed by atoms with Gasteiger partial charge in [-0.3, -0.25) is 4.79 Å². The van der Waals surface area contributed by atoms with Gasteiger partial charge in [0.25, 0.3) is 0 Å². The molecule has 0 bridgehead atoms. The molecule has 1 aromatic carbocycles. The number of nitrogens with one attached hydrogen (secondary N) is 1. The summed E-state index contributed by atoms with van der Waals surface area (Å²) in [6, 6.07) is 6.07. The number of H-pyrrole nitrogens is 1. The van der Waals surface area contributed by atoms with Crippen LogP contribution in [0.1, 0.15) is 37.1 Å². The van der Waals surface area contributed by atoms with Crippen LogP contribution in [0.15, 0.2) is 18.2 Å². The number of aromatic nitrogens is 2. The molecule has 0 saturated heterocycles. The highest BCUT2D eigenvalue weighted by Gasteiger charge is 2.39. The maximum absolute atomic E-state index is 11.4. The largest absolute Gasteiger partial charge is 0.481 e. The van der Waals surface area contributed by atoms with Crippen LogP contribution in [-0.2, 0) is 4.79 Å². The number of fused-ring (bicyclic) bond motifs is 1. The van der Waals surface area contributed by atoms with Crippen LogP contribution in [0.3, 0.4) is 0 Å². The van der Waals surface area contributed by atoms with Crippen molar-refractivity contribution in [2.75, 3.05) is 0 Å². The maximum Gasteiger partial charge on any atom is 0.307 e. The minimum Gasteiger partial charge on any atom is -0.481 e. The van der Waals surface area contributed by atoms with Gasteiger partial charge in [0.1, 0.15) is 5.82 Å². The first-order valence-electron chi connectivity index (χ1n) is 6.73. The summed E-state index contributed by atoms with van der Waals surface area (Å²) < 4.78 is 0. The Labute approximate surface area is 111 Å². The summed E-state index contributed by atoms with van der Waals surface area (Å²) in [5.41, 5.74) is 3.10. The summed E-state index contributed by atoms with van der Waals surface area (Å²) in [6.45, 7) is 4.15. The zero-order valence-electron chi connectivity index (χ0n) is 11.2. The van der Waals surface area contributed by atoms with E-state index in [-0.39, 0.29) is 11.8 Å². The molecule has 2 aromatic rings. The molecular formula is C15H18N2O2. The Balaban J connectivity index is 2.01. The van der Waals surface area contributed by atoms with Gasteiger partial charge in [-0.25, -0.2) is 4.98 Å². The van der Waals surface area contributed by atoms with E-state index in [4.69, 9.17) is 0 Å². The van der Waals surface area contributed by atoms with Crippen molar-refractivity contribution in [1.82, 2.24) is 9.97 Å². The van der Waals surface area contributed by atoms with Gasteiger partial charge in [0.2, 0.25) is 0 Å². The summed E-state index contributed by atoms with van der Waals surface area (Å²) in [5, 5.41) is 9.34.